The van der Waals surface area contributed by atoms with E-state index >= 15 is 0 Å². The summed E-state index contributed by atoms with van der Waals surface area (Å²) in [7, 11) is 1.47. The lowest BCUT2D eigenvalue weighted by molar-refractivity contribution is -0.145. The molecule has 2 rings (SSSR count). The van der Waals surface area contributed by atoms with Gasteiger partial charge in [0.2, 0.25) is 0 Å². The molecule has 1 amide bonds. The van der Waals surface area contributed by atoms with Crippen LogP contribution in [0.3, 0.4) is 0 Å². The minimum atomic E-state index is -4.65. The average molecular weight is 404 g/mol. The fourth-order valence-corrected chi connectivity index (χ4v) is 2.76. The first kappa shape index (κ1) is 18.5. The predicted octanol–water partition coefficient (Wildman–Crippen LogP) is 4.52. The van der Waals surface area contributed by atoms with Crippen LogP contribution in [0.5, 0.6) is 0 Å². The molecular formula is C16H17BrF3N3O. The molecule has 0 atom stereocenters. The average Bonchev–Trinajstić information content (AvgIpc) is 2.94. The zero-order valence-electron chi connectivity index (χ0n) is 13.4. The summed E-state index contributed by atoms with van der Waals surface area (Å²) < 4.78 is 41.8. The van der Waals surface area contributed by atoms with Gasteiger partial charge in [-0.3, -0.25) is 9.48 Å². The molecule has 0 unspecified atom stereocenters. The fraction of sp³-hybridized carbons (Fsp3) is 0.375. The van der Waals surface area contributed by atoms with Gasteiger partial charge in [0, 0.05) is 24.1 Å². The second kappa shape index (κ2) is 6.96. The van der Waals surface area contributed by atoms with Gasteiger partial charge in [0.15, 0.2) is 5.69 Å². The van der Waals surface area contributed by atoms with Crippen molar-refractivity contribution in [3.63, 3.8) is 0 Å². The number of benzene rings is 1. The van der Waals surface area contributed by atoms with Crippen LogP contribution < -0.4 is 0 Å². The first-order valence-electron chi connectivity index (χ1n) is 7.26. The number of carbonyl (C=O) groups excluding carboxylic acids is 1. The topological polar surface area (TPSA) is 38.1 Å². The summed E-state index contributed by atoms with van der Waals surface area (Å²) in [4.78, 5) is 13.8. The van der Waals surface area contributed by atoms with Crippen molar-refractivity contribution in [2.24, 2.45) is 0 Å². The Bertz CT molecular complexity index is 740. The van der Waals surface area contributed by atoms with Gasteiger partial charge >= 0.3 is 6.18 Å². The van der Waals surface area contributed by atoms with E-state index in [9.17, 15) is 18.0 Å². The van der Waals surface area contributed by atoms with Gasteiger partial charge in [0.1, 0.15) is 0 Å². The van der Waals surface area contributed by atoms with Gasteiger partial charge in [-0.1, -0.05) is 34.1 Å². The number of nitrogens with zero attached hydrogens (tertiary/aromatic N) is 3. The first-order valence-corrected chi connectivity index (χ1v) is 8.05. The molecule has 2 aromatic rings. The summed E-state index contributed by atoms with van der Waals surface area (Å²) in [6.45, 7) is 3.35. The Balaban J connectivity index is 2.34. The molecular weight excluding hydrogens is 387 g/mol. The van der Waals surface area contributed by atoms with Gasteiger partial charge in [0.05, 0.1) is 11.8 Å². The summed E-state index contributed by atoms with van der Waals surface area (Å²) in [5.41, 5.74) is -0.648. The molecule has 24 heavy (non-hydrogen) atoms. The third-order valence-electron chi connectivity index (χ3n) is 3.50. The monoisotopic (exact) mass is 403 g/mol. The van der Waals surface area contributed by atoms with E-state index in [-0.39, 0.29) is 6.54 Å². The van der Waals surface area contributed by atoms with Crippen LogP contribution in [-0.4, -0.2) is 27.6 Å². The van der Waals surface area contributed by atoms with Crippen molar-refractivity contribution < 1.29 is 18.0 Å². The maximum absolute atomic E-state index is 13.4. The van der Waals surface area contributed by atoms with Crippen LogP contribution in [0.15, 0.2) is 34.9 Å². The maximum atomic E-state index is 13.4. The van der Waals surface area contributed by atoms with Gasteiger partial charge in [-0.15, -0.1) is 0 Å². The highest BCUT2D eigenvalue weighted by atomic mass is 79.9. The van der Waals surface area contributed by atoms with E-state index in [0.29, 0.717) is 0 Å². The first-order chi connectivity index (χ1) is 11.1. The van der Waals surface area contributed by atoms with Crippen LogP contribution in [0.4, 0.5) is 13.2 Å². The van der Waals surface area contributed by atoms with E-state index < -0.39 is 29.4 Å². The fourth-order valence-electron chi connectivity index (χ4n) is 2.35. The number of alkyl halides is 3. The molecule has 0 N–H and O–H groups in total. The van der Waals surface area contributed by atoms with Gasteiger partial charge < -0.3 is 4.90 Å². The Morgan fingerprint density at radius 3 is 2.50 bits per heavy atom. The molecule has 8 heteroatoms. The van der Waals surface area contributed by atoms with Crippen molar-refractivity contribution >= 4 is 21.8 Å². The summed E-state index contributed by atoms with van der Waals surface area (Å²) in [5.74, 6) is -0.718. The quantitative estimate of drug-likeness (QED) is 0.752. The van der Waals surface area contributed by atoms with Crippen LogP contribution in [-0.2, 0) is 12.7 Å². The van der Waals surface area contributed by atoms with Crippen molar-refractivity contribution in [1.82, 2.24) is 14.7 Å². The molecule has 0 aliphatic carbocycles. The van der Waals surface area contributed by atoms with E-state index in [1.807, 2.05) is 12.1 Å². The number of hydrogen-bond acceptors (Lipinski definition) is 2. The van der Waals surface area contributed by atoms with Crippen LogP contribution in [0.25, 0.3) is 0 Å². The highest BCUT2D eigenvalue weighted by Gasteiger charge is 2.41. The van der Waals surface area contributed by atoms with Gasteiger partial charge in [-0.25, -0.2) is 0 Å². The predicted molar refractivity (Wildman–Crippen MR) is 87.6 cm³/mol. The third kappa shape index (κ3) is 3.80. The molecule has 0 aliphatic heterocycles. The highest BCUT2D eigenvalue weighted by molar-refractivity contribution is 9.10. The normalized spacial score (nSPS) is 11.8. The van der Waals surface area contributed by atoms with Crippen molar-refractivity contribution in [3.8, 4) is 0 Å². The van der Waals surface area contributed by atoms with Crippen molar-refractivity contribution in [2.45, 2.75) is 32.6 Å². The lowest BCUT2D eigenvalue weighted by Gasteiger charge is -2.20. The van der Waals surface area contributed by atoms with E-state index in [1.165, 1.54) is 11.9 Å². The third-order valence-corrected chi connectivity index (χ3v) is 4.27. The second-order valence-electron chi connectivity index (χ2n) is 5.70. The molecule has 130 valence electrons. The standard InChI is InChI=1S/C16H17BrF3N3O/c1-10(2)23-14(16(18,19)20)12(8-21-23)15(24)22(3)9-11-6-4-5-7-13(11)17/h4-8,10H,9H2,1-3H3. The molecule has 0 fully saturated rings. The molecule has 0 radical (unpaired) electrons. The number of halogens is 4. The number of rotatable bonds is 4. The molecule has 0 aliphatic rings. The Kier molecular flexibility index (Phi) is 5.37. The summed E-state index contributed by atoms with van der Waals surface area (Å²) in [6, 6.07) is 6.73. The lowest BCUT2D eigenvalue weighted by atomic mass is 10.1. The zero-order valence-corrected chi connectivity index (χ0v) is 15.0. The van der Waals surface area contributed by atoms with Crippen LogP contribution >= 0.6 is 15.9 Å². The molecule has 0 saturated carbocycles. The van der Waals surface area contributed by atoms with Crippen LogP contribution in [0.1, 0.15) is 41.5 Å². The largest absolute Gasteiger partial charge is 0.433 e. The van der Waals surface area contributed by atoms with E-state index in [4.69, 9.17) is 0 Å². The Labute approximate surface area is 146 Å². The van der Waals surface area contributed by atoms with E-state index in [2.05, 4.69) is 21.0 Å². The number of hydrogen-bond donors (Lipinski definition) is 0. The molecule has 1 aromatic carbocycles. The molecule has 1 aromatic heterocycles. The Morgan fingerprint density at radius 2 is 1.96 bits per heavy atom. The summed E-state index contributed by atoms with van der Waals surface area (Å²) >= 11 is 3.37. The smallest absolute Gasteiger partial charge is 0.337 e. The number of aromatic nitrogens is 2. The number of carbonyl (C=O) groups is 1. The van der Waals surface area contributed by atoms with Gasteiger partial charge in [-0.2, -0.15) is 18.3 Å². The molecule has 4 nitrogen and oxygen atoms in total. The van der Waals surface area contributed by atoms with Crippen molar-refractivity contribution in [3.05, 3.63) is 51.8 Å². The Morgan fingerprint density at radius 1 is 1.33 bits per heavy atom. The lowest BCUT2D eigenvalue weighted by Crippen LogP contribution is -2.29. The van der Waals surface area contributed by atoms with E-state index in [1.54, 1.807) is 26.0 Å². The zero-order chi connectivity index (χ0) is 18.1. The molecule has 0 bridgehead atoms. The minimum absolute atomic E-state index is 0.185. The van der Waals surface area contributed by atoms with Crippen molar-refractivity contribution in [2.75, 3.05) is 7.05 Å². The Hall–Kier alpha value is -1.83. The summed E-state index contributed by atoms with van der Waals surface area (Å²) in [5, 5.41) is 3.75. The maximum Gasteiger partial charge on any atom is 0.433 e. The summed E-state index contributed by atoms with van der Waals surface area (Å²) in [6.07, 6.45) is -3.67. The minimum Gasteiger partial charge on any atom is -0.337 e. The van der Waals surface area contributed by atoms with Crippen LogP contribution in [0, 0.1) is 0 Å². The highest BCUT2D eigenvalue weighted by Crippen LogP contribution is 2.34. The SMILES string of the molecule is CC(C)n1ncc(C(=O)N(C)Cc2ccccc2Br)c1C(F)(F)F. The molecule has 1 heterocycles. The van der Waals surface area contributed by atoms with E-state index in [0.717, 1.165) is 20.9 Å². The molecule has 0 saturated heterocycles. The van der Waals surface area contributed by atoms with Crippen LogP contribution in [0.2, 0.25) is 0 Å². The van der Waals surface area contributed by atoms with Crippen molar-refractivity contribution in [1.29, 1.82) is 0 Å². The second-order valence-corrected chi connectivity index (χ2v) is 6.55. The van der Waals surface area contributed by atoms with Gasteiger partial charge in [-0.05, 0) is 25.5 Å². The molecule has 0 spiro atoms. The number of amides is 1. The van der Waals surface area contributed by atoms with Gasteiger partial charge in [0.25, 0.3) is 5.91 Å².